The van der Waals surface area contributed by atoms with Gasteiger partial charge in [-0.25, -0.2) is 4.39 Å². The average molecular weight is 350 g/mol. The van der Waals surface area contributed by atoms with Gasteiger partial charge in [0.25, 0.3) is 0 Å². The van der Waals surface area contributed by atoms with Gasteiger partial charge in [0.2, 0.25) is 5.91 Å². The van der Waals surface area contributed by atoms with Crippen LogP contribution in [0.25, 0.3) is 0 Å². The summed E-state index contributed by atoms with van der Waals surface area (Å²) in [6.07, 6.45) is 3.66. The highest BCUT2D eigenvalue weighted by atomic mass is 19.1. The lowest BCUT2D eigenvalue weighted by molar-refractivity contribution is -0.132. The highest BCUT2D eigenvalue weighted by Crippen LogP contribution is 2.19. The van der Waals surface area contributed by atoms with Gasteiger partial charge >= 0.3 is 0 Å². The molecule has 1 atom stereocenters. The molecular weight excluding hydrogens is 319 g/mol. The molecule has 1 aliphatic heterocycles. The van der Waals surface area contributed by atoms with Crippen molar-refractivity contribution in [3.8, 4) is 0 Å². The second-order valence-corrected chi connectivity index (χ2v) is 6.86. The van der Waals surface area contributed by atoms with Crippen molar-refractivity contribution >= 4 is 5.91 Å². The average Bonchev–Trinajstić information content (AvgIpc) is 2.63. The molecule has 1 aromatic carbocycles. The van der Waals surface area contributed by atoms with Crippen LogP contribution in [-0.2, 0) is 16.0 Å². The van der Waals surface area contributed by atoms with Crippen LogP contribution < -0.4 is 0 Å². The fourth-order valence-electron chi connectivity index (χ4n) is 3.55. The Bertz CT molecular complexity index is 538. The summed E-state index contributed by atoms with van der Waals surface area (Å²) in [7, 11) is 1.63. The monoisotopic (exact) mass is 350 g/mol. The normalized spacial score (nSPS) is 18.3. The van der Waals surface area contributed by atoms with E-state index < -0.39 is 0 Å². The number of rotatable bonds is 9. The van der Waals surface area contributed by atoms with Crippen LogP contribution in [0, 0.1) is 11.7 Å². The van der Waals surface area contributed by atoms with Crippen LogP contribution >= 0.6 is 0 Å². The Hall–Kier alpha value is -1.46. The lowest BCUT2D eigenvalue weighted by Crippen LogP contribution is -2.43. The lowest BCUT2D eigenvalue weighted by Gasteiger charge is -2.35. The number of benzene rings is 1. The molecule has 0 spiro atoms. The molecule has 0 radical (unpaired) electrons. The minimum absolute atomic E-state index is 0.165. The van der Waals surface area contributed by atoms with Crippen LogP contribution in [0.3, 0.4) is 0 Å². The third-order valence-electron chi connectivity index (χ3n) is 4.94. The smallest absolute Gasteiger partial charge is 0.224 e. The van der Waals surface area contributed by atoms with Gasteiger partial charge in [0.15, 0.2) is 0 Å². The first-order chi connectivity index (χ1) is 12.1. The highest BCUT2D eigenvalue weighted by molar-refractivity contribution is 5.76. The van der Waals surface area contributed by atoms with Gasteiger partial charge in [-0.2, -0.15) is 0 Å². The molecule has 1 amide bonds. The van der Waals surface area contributed by atoms with Crippen LogP contribution in [0.15, 0.2) is 24.3 Å². The minimum Gasteiger partial charge on any atom is -0.384 e. The molecule has 140 valence electrons. The molecule has 0 saturated carbocycles. The van der Waals surface area contributed by atoms with Crippen molar-refractivity contribution in [2.45, 2.75) is 32.6 Å². The van der Waals surface area contributed by atoms with Gasteiger partial charge in [0.1, 0.15) is 5.82 Å². The Morgan fingerprint density at radius 3 is 3.00 bits per heavy atom. The van der Waals surface area contributed by atoms with Gasteiger partial charge in [0.05, 0.1) is 13.0 Å². The van der Waals surface area contributed by atoms with E-state index in [0.29, 0.717) is 18.9 Å². The summed E-state index contributed by atoms with van der Waals surface area (Å²) in [4.78, 5) is 16.6. The molecule has 1 heterocycles. The van der Waals surface area contributed by atoms with Gasteiger partial charge in [-0.15, -0.1) is 0 Å². The predicted molar refractivity (Wildman–Crippen MR) is 98.0 cm³/mol. The van der Waals surface area contributed by atoms with E-state index in [-0.39, 0.29) is 11.7 Å². The zero-order chi connectivity index (χ0) is 18.1. The van der Waals surface area contributed by atoms with Gasteiger partial charge < -0.3 is 14.5 Å². The molecule has 0 aliphatic carbocycles. The quantitative estimate of drug-likeness (QED) is 0.686. The number of carbonyl (C=O) groups is 1. The molecule has 25 heavy (non-hydrogen) atoms. The molecular formula is C20H31FN2O2. The number of carbonyl (C=O) groups excluding carboxylic acids is 1. The molecule has 1 unspecified atom stereocenters. The molecule has 0 N–H and O–H groups in total. The third kappa shape index (κ3) is 6.75. The second kappa shape index (κ2) is 10.5. The van der Waals surface area contributed by atoms with Gasteiger partial charge in [-0.3, -0.25) is 4.79 Å². The minimum atomic E-state index is -0.165. The first-order valence-electron chi connectivity index (χ1n) is 9.36. The first kappa shape index (κ1) is 19.9. The molecule has 1 saturated heterocycles. The van der Waals surface area contributed by atoms with Crippen LogP contribution in [0.1, 0.15) is 31.7 Å². The van der Waals surface area contributed by atoms with Gasteiger partial charge in [-0.1, -0.05) is 12.1 Å². The van der Waals surface area contributed by atoms with Crippen molar-refractivity contribution in [2.24, 2.45) is 5.92 Å². The first-order valence-corrected chi connectivity index (χ1v) is 9.36. The largest absolute Gasteiger partial charge is 0.384 e. The van der Waals surface area contributed by atoms with E-state index in [1.807, 2.05) is 17.9 Å². The summed E-state index contributed by atoms with van der Waals surface area (Å²) < 4.78 is 18.3. The molecule has 4 nitrogen and oxygen atoms in total. The molecule has 0 bridgehead atoms. The van der Waals surface area contributed by atoms with E-state index in [4.69, 9.17) is 4.74 Å². The number of likely N-dealkylation sites (tertiary alicyclic amines) is 1. The van der Waals surface area contributed by atoms with Crippen molar-refractivity contribution in [3.05, 3.63) is 35.6 Å². The van der Waals surface area contributed by atoms with Crippen LogP contribution in [0.2, 0.25) is 0 Å². The van der Waals surface area contributed by atoms with Gasteiger partial charge in [0, 0.05) is 33.3 Å². The summed E-state index contributed by atoms with van der Waals surface area (Å²) in [6, 6.07) is 6.86. The van der Waals surface area contributed by atoms with Crippen LogP contribution in [0.4, 0.5) is 4.39 Å². The molecule has 0 aromatic heterocycles. The molecule has 2 rings (SSSR count). The van der Waals surface area contributed by atoms with Crippen molar-refractivity contribution in [2.75, 3.05) is 46.4 Å². The van der Waals surface area contributed by atoms with Crippen molar-refractivity contribution < 1.29 is 13.9 Å². The van der Waals surface area contributed by atoms with Gasteiger partial charge in [-0.05, 0) is 56.3 Å². The predicted octanol–water partition coefficient (Wildman–Crippen LogP) is 2.97. The van der Waals surface area contributed by atoms with E-state index in [9.17, 15) is 9.18 Å². The SMILES string of the molecule is CCN(CC1CCCN(CCc2cccc(F)c2)C1)C(=O)CCOC. The number of halogens is 1. The van der Waals surface area contributed by atoms with E-state index in [1.165, 1.54) is 12.5 Å². The van der Waals surface area contributed by atoms with E-state index in [1.54, 1.807) is 19.2 Å². The molecule has 1 fully saturated rings. The number of hydrogen-bond donors (Lipinski definition) is 0. The highest BCUT2D eigenvalue weighted by Gasteiger charge is 2.23. The summed E-state index contributed by atoms with van der Waals surface area (Å²) in [6.45, 7) is 7.16. The summed E-state index contributed by atoms with van der Waals surface area (Å²) >= 11 is 0. The number of ether oxygens (including phenoxy) is 1. The van der Waals surface area contributed by atoms with E-state index >= 15 is 0 Å². The van der Waals surface area contributed by atoms with E-state index in [2.05, 4.69) is 4.90 Å². The maximum absolute atomic E-state index is 13.3. The third-order valence-corrected chi connectivity index (χ3v) is 4.94. The maximum atomic E-state index is 13.3. The standard InChI is InChI=1S/C20H31FN2O2/c1-3-23(20(24)10-13-25-2)16-18-7-5-11-22(15-18)12-9-17-6-4-8-19(21)14-17/h4,6,8,14,18H,3,5,7,9-13,15-16H2,1-2H3. The lowest BCUT2D eigenvalue weighted by atomic mass is 9.96. The summed E-state index contributed by atoms with van der Waals surface area (Å²) in [5.41, 5.74) is 1.05. The van der Waals surface area contributed by atoms with Crippen LogP contribution in [0.5, 0.6) is 0 Å². The van der Waals surface area contributed by atoms with Crippen molar-refractivity contribution in [3.63, 3.8) is 0 Å². The zero-order valence-corrected chi connectivity index (χ0v) is 15.5. The number of nitrogens with zero attached hydrogens (tertiary/aromatic N) is 2. The fourth-order valence-corrected chi connectivity index (χ4v) is 3.55. The van der Waals surface area contributed by atoms with Crippen molar-refractivity contribution in [1.82, 2.24) is 9.80 Å². The maximum Gasteiger partial charge on any atom is 0.224 e. The van der Waals surface area contributed by atoms with E-state index in [0.717, 1.165) is 51.1 Å². The Kier molecular flexibility index (Phi) is 8.35. The van der Waals surface area contributed by atoms with Crippen molar-refractivity contribution in [1.29, 1.82) is 0 Å². The summed E-state index contributed by atoms with van der Waals surface area (Å²) in [5.74, 6) is 0.538. The Balaban J connectivity index is 1.80. The number of piperidine rings is 1. The topological polar surface area (TPSA) is 32.8 Å². The Labute approximate surface area is 150 Å². The number of hydrogen-bond acceptors (Lipinski definition) is 3. The number of amides is 1. The fraction of sp³-hybridized carbons (Fsp3) is 0.650. The molecule has 5 heteroatoms. The zero-order valence-electron chi connectivity index (χ0n) is 15.5. The Morgan fingerprint density at radius 2 is 2.28 bits per heavy atom. The number of methoxy groups -OCH3 is 1. The summed E-state index contributed by atoms with van der Waals surface area (Å²) in [5, 5.41) is 0. The van der Waals surface area contributed by atoms with Crippen LogP contribution in [-0.4, -0.2) is 62.1 Å². The Morgan fingerprint density at radius 1 is 1.44 bits per heavy atom. The molecule has 1 aliphatic rings. The molecule has 1 aromatic rings. The second-order valence-electron chi connectivity index (χ2n) is 6.86.